The molecule has 1 saturated carbocycles. The molecule has 0 radical (unpaired) electrons. The average molecular weight is 238 g/mol. The molecule has 2 N–H and O–H groups in total. The third-order valence-electron chi connectivity index (χ3n) is 5.32. The second kappa shape index (κ2) is 4.89. The molecule has 1 atom stereocenters. The van der Waals surface area contributed by atoms with Crippen molar-refractivity contribution in [3.8, 4) is 0 Å². The van der Waals surface area contributed by atoms with E-state index < -0.39 is 0 Å². The quantitative estimate of drug-likeness (QED) is 0.819. The van der Waals surface area contributed by atoms with Gasteiger partial charge in [0.2, 0.25) is 0 Å². The van der Waals surface area contributed by atoms with Crippen LogP contribution in [0.2, 0.25) is 0 Å². The van der Waals surface area contributed by atoms with Crippen molar-refractivity contribution in [3.63, 3.8) is 0 Å². The van der Waals surface area contributed by atoms with Crippen LogP contribution in [0.4, 0.5) is 0 Å². The fourth-order valence-corrected chi connectivity index (χ4v) is 4.03. The zero-order valence-corrected chi connectivity index (χ0v) is 12.0. The molecule has 2 nitrogen and oxygen atoms in total. The van der Waals surface area contributed by atoms with Gasteiger partial charge in [-0.05, 0) is 56.5 Å². The van der Waals surface area contributed by atoms with E-state index in [-0.39, 0.29) is 0 Å². The molecule has 1 unspecified atom stereocenters. The van der Waals surface area contributed by atoms with Crippen molar-refractivity contribution in [2.75, 3.05) is 19.6 Å². The first kappa shape index (κ1) is 13.4. The normalized spacial score (nSPS) is 35.3. The first-order valence-electron chi connectivity index (χ1n) is 7.46. The number of rotatable bonds is 3. The van der Waals surface area contributed by atoms with Crippen molar-refractivity contribution >= 4 is 0 Å². The van der Waals surface area contributed by atoms with E-state index >= 15 is 0 Å². The molecule has 0 aromatic carbocycles. The molecule has 2 aliphatic rings. The fraction of sp³-hybridized carbons (Fsp3) is 1.00. The maximum atomic E-state index is 6.15. The second-order valence-corrected chi connectivity index (χ2v) is 7.11. The molecule has 2 rings (SSSR count). The maximum Gasteiger partial charge on any atom is 0.0337 e. The molecule has 0 aromatic heterocycles. The van der Waals surface area contributed by atoms with Gasteiger partial charge in [0.1, 0.15) is 0 Å². The van der Waals surface area contributed by atoms with Crippen LogP contribution in [0.15, 0.2) is 0 Å². The minimum Gasteiger partial charge on any atom is -0.329 e. The van der Waals surface area contributed by atoms with Crippen LogP contribution in [0, 0.1) is 11.3 Å². The lowest BCUT2D eigenvalue weighted by atomic mass is 9.84. The van der Waals surface area contributed by atoms with Gasteiger partial charge in [-0.25, -0.2) is 0 Å². The largest absolute Gasteiger partial charge is 0.329 e. The zero-order valence-electron chi connectivity index (χ0n) is 12.0. The Morgan fingerprint density at radius 2 is 1.82 bits per heavy atom. The number of piperidine rings is 1. The van der Waals surface area contributed by atoms with Crippen molar-refractivity contribution < 1.29 is 0 Å². The third kappa shape index (κ3) is 2.68. The summed E-state index contributed by atoms with van der Waals surface area (Å²) in [4.78, 5) is 2.73. The molecule has 17 heavy (non-hydrogen) atoms. The Morgan fingerprint density at radius 1 is 1.18 bits per heavy atom. The van der Waals surface area contributed by atoms with E-state index in [1.54, 1.807) is 0 Å². The summed E-state index contributed by atoms with van der Waals surface area (Å²) in [6.07, 6.45) is 8.09. The van der Waals surface area contributed by atoms with Gasteiger partial charge in [-0.15, -0.1) is 0 Å². The van der Waals surface area contributed by atoms with Gasteiger partial charge in [-0.2, -0.15) is 0 Å². The molecule has 1 saturated heterocycles. The predicted octanol–water partition coefficient (Wildman–Crippen LogP) is 3.02. The van der Waals surface area contributed by atoms with E-state index in [4.69, 9.17) is 5.73 Å². The van der Waals surface area contributed by atoms with Crippen molar-refractivity contribution in [1.29, 1.82) is 0 Å². The summed E-state index contributed by atoms with van der Waals surface area (Å²) in [6.45, 7) is 10.6. The summed E-state index contributed by atoms with van der Waals surface area (Å²) >= 11 is 0. The number of nitrogens with zero attached hydrogens (tertiary/aromatic N) is 1. The first-order valence-corrected chi connectivity index (χ1v) is 7.46. The molecule has 0 bridgehead atoms. The molecule has 0 amide bonds. The van der Waals surface area contributed by atoms with Crippen molar-refractivity contribution in [2.24, 2.45) is 17.1 Å². The van der Waals surface area contributed by atoms with Gasteiger partial charge in [0.25, 0.3) is 0 Å². The van der Waals surface area contributed by atoms with Gasteiger partial charge < -0.3 is 5.73 Å². The Hall–Kier alpha value is -0.0800. The number of likely N-dealkylation sites (tertiary alicyclic amines) is 1. The molecule has 1 aliphatic carbocycles. The first-order chi connectivity index (χ1) is 8.01. The molecule has 1 aliphatic heterocycles. The fourth-order valence-electron chi connectivity index (χ4n) is 4.03. The lowest BCUT2D eigenvalue weighted by Gasteiger charge is -2.45. The molecule has 2 fully saturated rings. The Labute approximate surface area is 107 Å². The Bertz CT molecular complexity index is 254. The van der Waals surface area contributed by atoms with Crippen molar-refractivity contribution in [1.82, 2.24) is 4.90 Å². The maximum absolute atomic E-state index is 6.15. The summed E-state index contributed by atoms with van der Waals surface area (Å²) in [6, 6.07) is 0. The van der Waals surface area contributed by atoms with E-state index in [0.29, 0.717) is 11.0 Å². The van der Waals surface area contributed by atoms with E-state index in [0.717, 1.165) is 12.5 Å². The second-order valence-electron chi connectivity index (χ2n) is 7.11. The number of hydrogen-bond acceptors (Lipinski definition) is 2. The van der Waals surface area contributed by atoms with E-state index in [2.05, 4.69) is 25.7 Å². The summed E-state index contributed by atoms with van der Waals surface area (Å²) in [5, 5.41) is 0. The van der Waals surface area contributed by atoms with Crippen LogP contribution in [0.5, 0.6) is 0 Å². The molecule has 0 spiro atoms. The minimum atomic E-state index is 0.336. The minimum absolute atomic E-state index is 0.336. The van der Waals surface area contributed by atoms with Crippen LogP contribution in [-0.2, 0) is 0 Å². The number of nitrogens with two attached hydrogens (primary N) is 1. The van der Waals surface area contributed by atoms with E-state index in [1.165, 1.54) is 51.6 Å². The van der Waals surface area contributed by atoms with Crippen LogP contribution in [0.25, 0.3) is 0 Å². The Morgan fingerprint density at radius 3 is 2.24 bits per heavy atom. The van der Waals surface area contributed by atoms with Crippen LogP contribution in [0.3, 0.4) is 0 Å². The van der Waals surface area contributed by atoms with Crippen LogP contribution >= 0.6 is 0 Å². The predicted molar refractivity (Wildman–Crippen MR) is 74.0 cm³/mol. The number of hydrogen-bond donors (Lipinski definition) is 1. The standard InChI is InChI=1S/C15H30N2/c1-4-13-5-9-17(10-6-13)15(12-16)8-7-14(2,3)11-15/h13H,4-12,16H2,1-3H3. The average Bonchev–Trinajstić information content (AvgIpc) is 2.66. The molecule has 2 heteroatoms. The van der Waals surface area contributed by atoms with Crippen molar-refractivity contribution in [2.45, 2.75) is 64.8 Å². The van der Waals surface area contributed by atoms with Gasteiger partial charge in [0, 0.05) is 12.1 Å². The van der Waals surface area contributed by atoms with Crippen LogP contribution < -0.4 is 5.73 Å². The highest BCUT2D eigenvalue weighted by Gasteiger charge is 2.46. The summed E-state index contributed by atoms with van der Waals surface area (Å²) in [7, 11) is 0. The van der Waals surface area contributed by atoms with Crippen molar-refractivity contribution in [3.05, 3.63) is 0 Å². The lowest BCUT2D eigenvalue weighted by molar-refractivity contribution is 0.0509. The Kier molecular flexibility index (Phi) is 3.84. The molecule has 0 aromatic rings. The highest BCUT2D eigenvalue weighted by molar-refractivity contribution is 5.02. The summed E-state index contributed by atoms with van der Waals surface area (Å²) in [5.74, 6) is 0.968. The Balaban J connectivity index is 2.00. The van der Waals surface area contributed by atoms with E-state index in [1.807, 2.05) is 0 Å². The van der Waals surface area contributed by atoms with Crippen LogP contribution in [0.1, 0.15) is 59.3 Å². The highest BCUT2D eigenvalue weighted by atomic mass is 15.2. The van der Waals surface area contributed by atoms with Gasteiger partial charge in [-0.3, -0.25) is 4.90 Å². The molecular formula is C15H30N2. The molecule has 100 valence electrons. The SMILES string of the molecule is CCC1CCN(C2(CN)CCC(C)(C)C2)CC1. The lowest BCUT2D eigenvalue weighted by Crippen LogP contribution is -2.55. The monoisotopic (exact) mass is 238 g/mol. The van der Waals surface area contributed by atoms with Gasteiger partial charge in [0.05, 0.1) is 0 Å². The van der Waals surface area contributed by atoms with E-state index in [9.17, 15) is 0 Å². The molecular weight excluding hydrogens is 208 g/mol. The van der Waals surface area contributed by atoms with Crippen LogP contribution in [-0.4, -0.2) is 30.1 Å². The zero-order chi connectivity index (χ0) is 12.5. The third-order valence-corrected chi connectivity index (χ3v) is 5.32. The smallest absolute Gasteiger partial charge is 0.0337 e. The summed E-state index contributed by atoms with van der Waals surface area (Å²) in [5.41, 5.74) is 6.98. The topological polar surface area (TPSA) is 29.3 Å². The van der Waals surface area contributed by atoms with Gasteiger partial charge >= 0.3 is 0 Å². The van der Waals surface area contributed by atoms with Gasteiger partial charge in [0.15, 0.2) is 0 Å². The van der Waals surface area contributed by atoms with Gasteiger partial charge in [-0.1, -0.05) is 27.2 Å². The molecule has 1 heterocycles. The summed E-state index contributed by atoms with van der Waals surface area (Å²) < 4.78 is 0. The highest BCUT2D eigenvalue weighted by Crippen LogP contribution is 2.47.